The standard InChI is InChI=1S/C25H38N4O5/c1-8-9-13-27-22(31)21(18-10-11-19(30)17(4)15-18)29(14-12-26)23(32)20(16(2)3)28-24(33)34-25(5,6)7/h10-11,15-16,20-21,30H,8-9,13-14H2,1-7H3,(H,27,31)(H,28,33). The van der Waals surface area contributed by atoms with Gasteiger partial charge in [0.15, 0.2) is 0 Å². The van der Waals surface area contributed by atoms with Gasteiger partial charge in [0.2, 0.25) is 11.8 Å². The summed E-state index contributed by atoms with van der Waals surface area (Å²) in [6, 6.07) is 4.44. The highest BCUT2D eigenvalue weighted by Crippen LogP contribution is 2.27. The summed E-state index contributed by atoms with van der Waals surface area (Å²) in [4.78, 5) is 40.5. The summed E-state index contributed by atoms with van der Waals surface area (Å²) in [7, 11) is 0. The number of phenols is 1. The first-order chi connectivity index (χ1) is 15.8. The van der Waals surface area contributed by atoms with E-state index in [-0.39, 0.29) is 18.2 Å². The molecule has 9 nitrogen and oxygen atoms in total. The van der Waals surface area contributed by atoms with Crippen LogP contribution in [0, 0.1) is 24.2 Å². The molecular formula is C25H38N4O5. The van der Waals surface area contributed by atoms with Gasteiger partial charge in [-0.3, -0.25) is 9.59 Å². The average Bonchev–Trinajstić information content (AvgIpc) is 2.72. The van der Waals surface area contributed by atoms with Crippen LogP contribution >= 0.6 is 0 Å². The van der Waals surface area contributed by atoms with Crippen LogP contribution in [-0.4, -0.2) is 52.6 Å². The number of aryl methyl sites for hydroxylation is 1. The number of unbranched alkanes of at least 4 members (excludes halogenated alkanes) is 1. The molecule has 1 aromatic carbocycles. The van der Waals surface area contributed by atoms with Gasteiger partial charge in [-0.05, 0) is 63.3 Å². The number of hydrogen-bond acceptors (Lipinski definition) is 6. The van der Waals surface area contributed by atoms with E-state index >= 15 is 0 Å². The lowest BCUT2D eigenvalue weighted by Crippen LogP contribution is -2.55. The van der Waals surface area contributed by atoms with Crippen molar-refractivity contribution in [3.8, 4) is 11.8 Å². The lowest BCUT2D eigenvalue weighted by atomic mass is 9.97. The molecule has 0 heterocycles. The molecule has 0 aliphatic heterocycles. The van der Waals surface area contributed by atoms with Gasteiger partial charge in [-0.1, -0.05) is 33.3 Å². The molecule has 1 aromatic rings. The predicted octanol–water partition coefficient (Wildman–Crippen LogP) is 3.56. The fourth-order valence-corrected chi connectivity index (χ4v) is 3.31. The van der Waals surface area contributed by atoms with E-state index in [0.717, 1.165) is 17.7 Å². The van der Waals surface area contributed by atoms with E-state index in [0.29, 0.717) is 17.7 Å². The maximum absolute atomic E-state index is 13.7. The third kappa shape index (κ3) is 8.58. The molecule has 3 amide bonds. The zero-order chi connectivity index (χ0) is 26.1. The second kappa shape index (κ2) is 12.8. The van der Waals surface area contributed by atoms with Crippen molar-refractivity contribution in [2.75, 3.05) is 13.1 Å². The van der Waals surface area contributed by atoms with E-state index in [2.05, 4.69) is 10.6 Å². The highest BCUT2D eigenvalue weighted by Gasteiger charge is 2.37. The van der Waals surface area contributed by atoms with E-state index in [1.54, 1.807) is 53.7 Å². The molecule has 188 valence electrons. The minimum Gasteiger partial charge on any atom is -0.508 e. The average molecular weight is 475 g/mol. The third-order valence-corrected chi connectivity index (χ3v) is 5.06. The fraction of sp³-hybridized carbons (Fsp3) is 0.600. The summed E-state index contributed by atoms with van der Waals surface area (Å²) in [6.45, 7) is 12.4. The Balaban J connectivity index is 3.41. The minimum atomic E-state index is -1.12. The van der Waals surface area contributed by atoms with Gasteiger partial charge in [-0.25, -0.2) is 4.79 Å². The molecule has 0 spiro atoms. The number of nitrogens with zero attached hydrogens (tertiary/aromatic N) is 2. The normalized spacial score (nSPS) is 12.9. The molecule has 0 bridgehead atoms. The SMILES string of the molecule is CCCCNC(=O)C(c1ccc(O)c(C)c1)N(CC#N)C(=O)C(NC(=O)OC(C)(C)C)C(C)C. The van der Waals surface area contributed by atoms with Crippen LogP contribution in [0.1, 0.15) is 71.6 Å². The molecule has 0 aliphatic carbocycles. The van der Waals surface area contributed by atoms with Crippen LogP contribution in [0.3, 0.4) is 0 Å². The van der Waals surface area contributed by atoms with Gasteiger partial charge in [0.25, 0.3) is 0 Å². The van der Waals surface area contributed by atoms with Crippen molar-refractivity contribution in [3.05, 3.63) is 29.3 Å². The Morgan fingerprint density at radius 3 is 2.38 bits per heavy atom. The lowest BCUT2D eigenvalue weighted by molar-refractivity contribution is -0.142. The van der Waals surface area contributed by atoms with Gasteiger partial charge >= 0.3 is 6.09 Å². The van der Waals surface area contributed by atoms with Gasteiger partial charge in [0, 0.05) is 6.54 Å². The second-order valence-electron chi connectivity index (χ2n) is 9.59. The summed E-state index contributed by atoms with van der Waals surface area (Å²) < 4.78 is 5.30. The maximum atomic E-state index is 13.7. The smallest absolute Gasteiger partial charge is 0.408 e. The number of carbonyl (C=O) groups is 3. The largest absolute Gasteiger partial charge is 0.508 e. The molecule has 0 saturated heterocycles. The molecule has 0 fully saturated rings. The van der Waals surface area contributed by atoms with Crippen molar-refractivity contribution in [2.45, 2.75) is 79.0 Å². The number of hydrogen-bond donors (Lipinski definition) is 3. The van der Waals surface area contributed by atoms with Crippen LogP contribution in [0.25, 0.3) is 0 Å². The quantitative estimate of drug-likeness (QED) is 0.351. The first-order valence-electron chi connectivity index (χ1n) is 11.6. The number of ether oxygens (including phenoxy) is 1. The summed E-state index contributed by atoms with van der Waals surface area (Å²) in [5, 5.41) is 24.9. The van der Waals surface area contributed by atoms with Crippen molar-refractivity contribution in [1.82, 2.24) is 15.5 Å². The van der Waals surface area contributed by atoms with Crippen molar-refractivity contribution in [1.29, 1.82) is 5.26 Å². The summed E-state index contributed by atoms with van der Waals surface area (Å²) in [5.41, 5.74) is 0.222. The number of benzene rings is 1. The van der Waals surface area contributed by atoms with Crippen molar-refractivity contribution < 1.29 is 24.2 Å². The molecule has 2 atom stereocenters. The van der Waals surface area contributed by atoms with E-state index in [4.69, 9.17) is 4.74 Å². The van der Waals surface area contributed by atoms with Crippen LogP contribution < -0.4 is 10.6 Å². The van der Waals surface area contributed by atoms with Gasteiger partial charge in [-0.2, -0.15) is 5.26 Å². The van der Waals surface area contributed by atoms with Crippen LogP contribution in [0.15, 0.2) is 18.2 Å². The number of amides is 3. The summed E-state index contributed by atoms with van der Waals surface area (Å²) in [6.07, 6.45) is 0.869. The zero-order valence-electron chi connectivity index (χ0n) is 21.3. The molecule has 3 N–H and O–H groups in total. The van der Waals surface area contributed by atoms with Crippen LogP contribution in [0.2, 0.25) is 0 Å². The van der Waals surface area contributed by atoms with Crippen LogP contribution in [-0.2, 0) is 14.3 Å². The van der Waals surface area contributed by atoms with E-state index < -0.39 is 35.6 Å². The van der Waals surface area contributed by atoms with Crippen LogP contribution in [0.4, 0.5) is 4.79 Å². The minimum absolute atomic E-state index is 0.0544. The predicted molar refractivity (Wildman–Crippen MR) is 129 cm³/mol. The fourth-order valence-electron chi connectivity index (χ4n) is 3.31. The lowest BCUT2D eigenvalue weighted by Gasteiger charge is -2.34. The van der Waals surface area contributed by atoms with Crippen molar-refractivity contribution in [2.24, 2.45) is 5.92 Å². The Labute approximate surface area is 202 Å². The Morgan fingerprint density at radius 2 is 1.88 bits per heavy atom. The molecular weight excluding hydrogens is 436 g/mol. The number of carbonyl (C=O) groups excluding carboxylic acids is 3. The Morgan fingerprint density at radius 1 is 1.24 bits per heavy atom. The van der Waals surface area contributed by atoms with Gasteiger partial charge in [-0.15, -0.1) is 0 Å². The van der Waals surface area contributed by atoms with Crippen molar-refractivity contribution in [3.63, 3.8) is 0 Å². The van der Waals surface area contributed by atoms with E-state index in [1.807, 2.05) is 13.0 Å². The molecule has 1 rings (SSSR count). The Bertz CT molecular complexity index is 902. The zero-order valence-corrected chi connectivity index (χ0v) is 21.3. The number of rotatable bonds is 10. The summed E-state index contributed by atoms with van der Waals surface area (Å²) >= 11 is 0. The third-order valence-electron chi connectivity index (χ3n) is 5.06. The number of alkyl carbamates (subject to hydrolysis) is 1. The van der Waals surface area contributed by atoms with E-state index in [1.165, 1.54) is 6.07 Å². The molecule has 0 aromatic heterocycles. The second-order valence-corrected chi connectivity index (χ2v) is 9.59. The number of aromatic hydroxyl groups is 1. The molecule has 0 aliphatic rings. The number of nitriles is 1. The summed E-state index contributed by atoms with van der Waals surface area (Å²) in [5.74, 6) is -1.31. The van der Waals surface area contributed by atoms with Gasteiger partial charge < -0.3 is 25.4 Å². The molecule has 0 radical (unpaired) electrons. The van der Waals surface area contributed by atoms with Gasteiger partial charge in [0.05, 0.1) is 6.07 Å². The molecule has 9 heteroatoms. The molecule has 2 unspecified atom stereocenters. The first-order valence-corrected chi connectivity index (χ1v) is 11.6. The highest BCUT2D eigenvalue weighted by atomic mass is 16.6. The highest BCUT2D eigenvalue weighted by molar-refractivity contribution is 5.92. The Kier molecular flexibility index (Phi) is 10.8. The molecule has 0 saturated carbocycles. The Hall–Kier alpha value is -3.28. The van der Waals surface area contributed by atoms with Crippen molar-refractivity contribution >= 4 is 17.9 Å². The monoisotopic (exact) mass is 474 g/mol. The molecule has 34 heavy (non-hydrogen) atoms. The van der Waals surface area contributed by atoms with Gasteiger partial charge in [0.1, 0.15) is 30.0 Å². The first kappa shape index (κ1) is 28.8. The van der Waals surface area contributed by atoms with E-state index in [9.17, 15) is 24.8 Å². The number of phenolic OH excluding ortho intramolecular Hbond substituents is 1. The number of nitrogens with one attached hydrogen (secondary N) is 2. The maximum Gasteiger partial charge on any atom is 0.408 e. The topological polar surface area (TPSA) is 132 Å². The van der Waals surface area contributed by atoms with Crippen LogP contribution in [0.5, 0.6) is 5.75 Å².